The normalized spacial score (nSPS) is 13.0. The number of thiophene rings is 1. The average Bonchev–Trinajstić information content (AvgIpc) is 3.98. The van der Waals surface area contributed by atoms with Crippen molar-refractivity contribution in [3.8, 4) is 78.7 Å². The van der Waals surface area contributed by atoms with E-state index in [0.29, 0.717) is 17.5 Å². The highest BCUT2D eigenvalue weighted by Crippen LogP contribution is 2.63. The Kier molecular flexibility index (Phi) is 7.69. The van der Waals surface area contributed by atoms with Gasteiger partial charge in [0.05, 0.1) is 5.41 Å². The number of nitrogens with zero attached hydrogens (tertiary/aromatic N) is 3. The van der Waals surface area contributed by atoms with Gasteiger partial charge in [0.15, 0.2) is 17.5 Å². The third kappa shape index (κ3) is 5.14. The van der Waals surface area contributed by atoms with Crippen molar-refractivity contribution in [1.29, 1.82) is 0 Å². The summed E-state index contributed by atoms with van der Waals surface area (Å²) in [5.74, 6) is 1.97. The molecule has 3 nitrogen and oxygen atoms in total. The monoisotopic (exact) mass is 805 g/mol. The molecule has 0 bridgehead atoms. The fraction of sp³-hybridized carbons (Fsp3) is 0.0172. The Bertz CT molecular complexity index is 3540. The predicted molar refractivity (Wildman–Crippen MR) is 256 cm³/mol. The molecule has 0 amide bonds. The number of benzene rings is 9. The van der Waals surface area contributed by atoms with Crippen molar-refractivity contribution in [2.24, 2.45) is 0 Å². The Hall–Kier alpha value is -7.79. The maximum Gasteiger partial charge on any atom is 0.164 e. The van der Waals surface area contributed by atoms with Gasteiger partial charge in [0.1, 0.15) is 0 Å². The molecule has 0 saturated carbocycles. The summed E-state index contributed by atoms with van der Waals surface area (Å²) < 4.78 is 2.47. The van der Waals surface area contributed by atoms with Gasteiger partial charge in [-0.15, -0.1) is 11.3 Å². The zero-order valence-electron chi connectivity index (χ0n) is 33.5. The number of hydrogen-bond donors (Lipinski definition) is 0. The largest absolute Gasteiger partial charge is 0.208 e. The van der Waals surface area contributed by atoms with Crippen LogP contribution in [-0.2, 0) is 5.41 Å². The summed E-state index contributed by atoms with van der Waals surface area (Å²) in [6, 6.07) is 76.8. The fourth-order valence-corrected chi connectivity index (χ4v) is 11.4. The molecule has 0 unspecified atom stereocenters. The minimum Gasteiger partial charge on any atom is -0.208 e. The highest BCUT2D eigenvalue weighted by atomic mass is 32.1. The van der Waals surface area contributed by atoms with Gasteiger partial charge in [-0.3, -0.25) is 0 Å². The first-order valence-corrected chi connectivity index (χ1v) is 21.9. The summed E-state index contributed by atoms with van der Waals surface area (Å²) in [7, 11) is 0. The van der Waals surface area contributed by atoms with Gasteiger partial charge >= 0.3 is 0 Å². The van der Waals surface area contributed by atoms with Gasteiger partial charge in [0, 0.05) is 36.9 Å². The summed E-state index contributed by atoms with van der Waals surface area (Å²) in [6.07, 6.45) is 0. The zero-order valence-corrected chi connectivity index (χ0v) is 34.3. The van der Waals surface area contributed by atoms with Crippen LogP contribution in [0.5, 0.6) is 0 Å². The van der Waals surface area contributed by atoms with Gasteiger partial charge in [-0.2, -0.15) is 0 Å². The lowest BCUT2D eigenvalue weighted by Gasteiger charge is -2.30. The van der Waals surface area contributed by atoms with Crippen molar-refractivity contribution in [3.63, 3.8) is 0 Å². The Morgan fingerprint density at radius 3 is 1.47 bits per heavy atom. The third-order valence-corrected chi connectivity index (χ3v) is 14.1. The maximum absolute atomic E-state index is 5.20. The second-order valence-electron chi connectivity index (χ2n) is 16.3. The lowest BCUT2D eigenvalue weighted by Crippen LogP contribution is -2.25. The Labute approximate surface area is 363 Å². The van der Waals surface area contributed by atoms with E-state index in [1.807, 2.05) is 18.2 Å². The highest BCUT2D eigenvalue weighted by molar-refractivity contribution is 7.25. The molecule has 4 heteroatoms. The zero-order chi connectivity index (χ0) is 40.8. The van der Waals surface area contributed by atoms with Crippen LogP contribution in [0.2, 0.25) is 0 Å². The van der Waals surface area contributed by atoms with Crippen molar-refractivity contribution in [1.82, 2.24) is 15.0 Å². The number of rotatable bonds is 5. The second kappa shape index (κ2) is 13.6. The van der Waals surface area contributed by atoms with Crippen molar-refractivity contribution in [2.45, 2.75) is 5.41 Å². The Balaban J connectivity index is 0.884. The summed E-state index contributed by atoms with van der Waals surface area (Å²) >= 11 is 1.80. The maximum atomic E-state index is 5.20. The molecule has 1 spiro atoms. The summed E-state index contributed by atoms with van der Waals surface area (Å²) in [5.41, 5.74) is 17.9. The third-order valence-electron chi connectivity index (χ3n) is 13.0. The molecule has 0 aliphatic heterocycles. The van der Waals surface area contributed by atoms with Gasteiger partial charge in [-0.1, -0.05) is 188 Å². The molecule has 2 aromatic heterocycles. The summed E-state index contributed by atoms with van der Waals surface area (Å²) in [4.78, 5) is 15.4. The van der Waals surface area contributed by atoms with Gasteiger partial charge in [-0.25, -0.2) is 15.0 Å². The predicted octanol–water partition coefficient (Wildman–Crippen LogP) is 14.9. The summed E-state index contributed by atoms with van der Waals surface area (Å²) in [5, 5.41) is 2.40. The minimum atomic E-state index is -0.334. The molecule has 0 atom stereocenters. The van der Waals surface area contributed by atoms with Crippen LogP contribution in [0.3, 0.4) is 0 Å². The fourth-order valence-electron chi connectivity index (χ4n) is 10.3. The number of hydrogen-bond acceptors (Lipinski definition) is 4. The molecule has 9 aromatic carbocycles. The average molecular weight is 806 g/mol. The first-order valence-electron chi connectivity index (χ1n) is 21.1. The highest BCUT2D eigenvalue weighted by Gasteiger charge is 2.51. The van der Waals surface area contributed by atoms with E-state index in [1.54, 1.807) is 11.3 Å². The molecule has 11 aromatic rings. The quantitative estimate of drug-likeness (QED) is 0.174. The van der Waals surface area contributed by atoms with E-state index in [4.69, 9.17) is 15.0 Å². The molecule has 13 rings (SSSR count). The van der Waals surface area contributed by atoms with Gasteiger partial charge in [-0.05, 0) is 91.0 Å². The summed E-state index contributed by atoms with van der Waals surface area (Å²) in [6.45, 7) is 0. The molecule has 2 heterocycles. The van der Waals surface area contributed by atoms with Crippen molar-refractivity contribution < 1.29 is 0 Å². The molecular formula is C58H35N3S. The van der Waals surface area contributed by atoms with Gasteiger partial charge in [0.2, 0.25) is 0 Å². The molecule has 0 radical (unpaired) electrons. The van der Waals surface area contributed by atoms with E-state index in [-0.39, 0.29) is 5.41 Å². The molecular weight excluding hydrogens is 771 g/mol. The lowest BCUT2D eigenvalue weighted by atomic mass is 9.70. The molecule has 2 aliphatic carbocycles. The Morgan fingerprint density at radius 2 is 0.758 bits per heavy atom. The Morgan fingerprint density at radius 1 is 0.290 bits per heavy atom. The van der Waals surface area contributed by atoms with Gasteiger partial charge in [0.25, 0.3) is 0 Å². The molecule has 0 saturated heterocycles. The molecule has 0 N–H and O–H groups in total. The van der Waals surface area contributed by atoms with E-state index in [2.05, 4.69) is 194 Å². The van der Waals surface area contributed by atoms with E-state index in [1.165, 1.54) is 75.8 Å². The first-order chi connectivity index (χ1) is 30.7. The standard InChI is InChI=1S/C58H35N3S/c1-2-14-38(15-3-1)55-59-56(61-57(60-55)46-22-13-27-53-54(46)45-21-7-11-26-52(45)62-53)41-17-12-16-39(34-41)36-28-30-37(31-29-36)40-32-33-51-47(35-40)44-20-6-10-25-50(44)58(51)48-23-8-4-18-42(48)43-19-5-9-24-49(43)58/h1-35H. The topological polar surface area (TPSA) is 38.7 Å². The SMILES string of the molecule is c1ccc(-c2nc(-c3cccc(-c4ccc(-c5ccc6c(c5)-c5ccccc5C65c6ccccc6-c6ccccc65)cc4)c3)nc(-c3cccc4sc5ccccc5c34)n2)cc1. The minimum absolute atomic E-state index is 0.334. The van der Waals surface area contributed by atoms with Crippen LogP contribution < -0.4 is 0 Å². The molecule has 288 valence electrons. The van der Waals surface area contributed by atoms with E-state index in [9.17, 15) is 0 Å². The van der Waals surface area contributed by atoms with Crippen LogP contribution in [0.4, 0.5) is 0 Å². The van der Waals surface area contributed by atoms with Crippen molar-refractivity contribution in [2.75, 3.05) is 0 Å². The van der Waals surface area contributed by atoms with Crippen LogP contribution in [0.15, 0.2) is 212 Å². The lowest BCUT2D eigenvalue weighted by molar-refractivity contribution is 0.794. The van der Waals surface area contributed by atoms with Crippen LogP contribution in [-0.4, -0.2) is 15.0 Å². The van der Waals surface area contributed by atoms with E-state index in [0.717, 1.165) is 27.8 Å². The van der Waals surface area contributed by atoms with Crippen molar-refractivity contribution >= 4 is 31.5 Å². The van der Waals surface area contributed by atoms with Gasteiger partial charge < -0.3 is 0 Å². The van der Waals surface area contributed by atoms with Crippen LogP contribution in [0, 0.1) is 0 Å². The smallest absolute Gasteiger partial charge is 0.164 e. The van der Waals surface area contributed by atoms with E-state index < -0.39 is 0 Å². The second-order valence-corrected chi connectivity index (χ2v) is 17.3. The van der Waals surface area contributed by atoms with Crippen molar-refractivity contribution in [3.05, 3.63) is 235 Å². The van der Waals surface area contributed by atoms with E-state index >= 15 is 0 Å². The number of fused-ring (bicyclic) bond motifs is 13. The molecule has 0 fully saturated rings. The van der Waals surface area contributed by atoms with Crippen LogP contribution in [0.1, 0.15) is 22.3 Å². The molecule has 62 heavy (non-hydrogen) atoms. The molecule has 2 aliphatic rings. The van der Waals surface area contributed by atoms with Crippen LogP contribution >= 0.6 is 11.3 Å². The number of aromatic nitrogens is 3. The van der Waals surface area contributed by atoms with Crippen LogP contribution in [0.25, 0.3) is 98.8 Å². The first kappa shape index (κ1) is 35.0.